The van der Waals surface area contributed by atoms with Crippen LogP contribution in [0.2, 0.25) is 0 Å². The van der Waals surface area contributed by atoms with Crippen LogP contribution in [0.3, 0.4) is 0 Å². The Morgan fingerprint density at radius 1 is 0.929 bits per heavy atom. The molecule has 0 spiro atoms. The molecule has 0 aromatic carbocycles. The van der Waals surface area contributed by atoms with E-state index in [-0.39, 0.29) is 31.5 Å². The lowest BCUT2D eigenvalue weighted by Crippen LogP contribution is -2.55. The lowest BCUT2D eigenvalue weighted by Gasteiger charge is -2.38. The molecule has 0 radical (unpaired) electrons. The van der Waals surface area contributed by atoms with Gasteiger partial charge in [0.05, 0.1) is 13.2 Å². The molecule has 1 N–H and O–H groups in total. The molecule has 0 aliphatic rings. The molecule has 0 bridgehead atoms. The van der Waals surface area contributed by atoms with Crippen LogP contribution in [-0.4, -0.2) is 36.8 Å². The molecule has 0 saturated heterocycles. The number of halogens is 6. The Morgan fingerprint density at radius 3 is 1.54 bits per heavy atom. The Kier molecular flexibility index (Phi) is 9.52. The summed E-state index contributed by atoms with van der Waals surface area (Å²) in [6.07, 6.45) is -12.0. The summed E-state index contributed by atoms with van der Waals surface area (Å²) in [7, 11) is -4.31. The minimum atomic E-state index is -5.86. The fourth-order valence-electron chi connectivity index (χ4n) is 1.99. The van der Waals surface area contributed by atoms with E-state index in [4.69, 9.17) is 9.05 Å². The van der Waals surface area contributed by atoms with Gasteiger partial charge in [-0.05, 0) is 25.2 Å². The summed E-state index contributed by atoms with van der Waals surface area (Å²) in [5, 5.41) is -0.428. The molecular weight excluding hydrogens is 415 g/mol. The number of rotatable bonds is 10. The second kappa shape index (κ2) is 9.80. The van der Waals surface area contributed by atoms with E-state index in [2.05, 4.69) is 0 Å². The van der Waals surface area contributed by atoms with Crippen molar-refractivity contribution in [3.8, 4) is 0 Å². The number of hydrogen-bond acceptors (Lipinski definition) is 4. The summed E-state index contributed by atoms with van der Waals surface area (Å²) in [4.78, 5) is 12.0. The van der Waals surface area contributed by atoms with Crippen molar-refractivity contribution in [3.63, 3.8) is 0 Å². The van der Waals surface area contributed by atoms with Crippen molar-refractivity contribution in [2.75, 3.05) is 13.2 Å². The first kappa shape index (κ1) is 27.2. The van der Waals surface area contributed by atoms with Crippen LogP contribution in [0.15, 0.2) is 0 Å². The van der Waals surface area contributed by atoms with Crippen LogP contribution in [0.5, 0.6) is 0 Å². The number of amides is 1. The number of carbonyl (C=O) groups excluding carboxylic acids is 1. The van der Waals surface area contributed by atoms with Gasteiger partial charge in [-0.2, -0.15) is 26.3 Å². The molecule has 0 heterocycles. The fraction of sp³-hybridized carbons (Fsp3) is 0.938. The molecule has 0 aromatic heterocycles. The van der Waals surface area contributed by atoms with E-state index < -0.39 is 37.1 Å². The zero-order valence-electron chi connectivity index (χ0n) is 16.7. The van der Waals surface area contributed by atoms with Crippen molar-refractivity contribution >= 4 is 13.5 Å². The molecule has 12 heteroatoms. The van der Waals surface area contributed by atoms with Gasteiger partial charge in [0.2, 0.25) is 11.8 Å². The van der Waals surface area contributed by atoms with E-state index in [1.54, 1.807) is 33.0 Å². The molecule has 0 aromatic rings. The van der Waals surface area contributed by atoms with Crippen molar-refractivity contribution in [1.82, 2.24) is 5.32 Å². The van der Waals surface area contributed by atoms with Gasteiger partial charge in [-0.25, -0.2) is 0 Å². The molecule has 0 unspecified atom stereocenters. The Bertz CT molecular complexity index is 534. The van der Waals surface area contributed by atoms with Gasteiger partial charge >= 0.3 is 19.9 Å². The lowest BCUT2D eigenvalue weighted by atomic mass is 10.1. The third-order valence-electron chi connectivity index (χ3n) is 3.76. The van der Waals surface area contributed by atoms with Crippen LogP contribution in [0, 0.1) is 17.8 Å². The molecule has 168 valence electrons. The Hall–Kier alpha value is -0.800. The fourth-order valence-corrected chi connectivity index (χ4v) is 4.26. The maximum Gasteiger partial charge on any atom is 0.409 e. The van der Waals surface area contributed by atoms with Crippen molar-refractivity contribution in [1.29, 1.82) is 0 Å². The molecule has 5 nitrogen and oxygen atoms in total. The molecular formula is C16H28F6NO4P. The van der Waals surface area contributed by atoms with Crippen LogP contribution in [0.4, 0.5) is 26.3 Å². The summed E-state index contributed by atoms with van der Waals surface area (Å²) in [5.74, 6) is -6.91. The topological polar surface area (TPSA) is 64.6 Å². The Morgan fingerprint density at radius 2 is 1.29 bits per heavy atom. The highest BCUT2D eigenvalue weighted by Gasteiger charge is 2.62. The third-order valence-corrected chi connectivity index (χ3v) is 6.37. The van der Waals surface area contributed by atoms with Crippen LogP contribution in [-0.2, 0) is 18.4 Å². The van der Waals surface area contributed by atoms with E-state index in [9.17, 15) is 35.7 Å². The quantitative estimate of drug-likeness (QED) is 0.357. The maximum absolute atomic E-state index is 13.3. The second-order valence-corrected chi connectivity index (χ2v) is 10.0. The van der Waals surface area contributed by atoms with Crippen LogP contribution in [0.1, 0.15) is 48.0 Å². The van der Waals surface area contributed by atoms with E-state index >= 15 is 0 Å². The molecule has 0 saturated carbocycles. The van der Waals surface area contributed by atoms with Crippen molar-refractivity contribution in [2.45, 2.75) is 65.6 Å². The molecule has 1 atom stereocenters. The maximum atomic E-state index is 13.3. The van der Waals surface area contributed by atoms with E-state index in [0.717, 1.165) is 6.92 Å². The smallest absolute Gasteiger partial charge is 0.339 e. The number of hydrogen-bond donors (Lipinski definition) is 1. The predicted octanol–water partition coefficient (Wildman–Crippen LogP) is 5.51. The predicted molar refractivity (Wildman–Crippen MR) is 91.6 cm³/mol. The van der Waals surface area contributed by atoms with E-state index in [0.29, 0.717) is 0 Å². The zero-order valence-corrected chi connectivity index (χ0v) is 17.6. The van der Waals surface area contributed by atoms with Crippen LogP contribution >= 0.6 is 7.60 Å². The molecule has 0 rings (SSSR count). The van der Waals surface area contributed by atoms with E-state index in [1.165, 1.54) is 6.92 Å². The Labute approximate surface area is 161 Å². The standard InChI is InChI=1S/C16H28F6NO4P/c1-7-14(6,23-13(24)12(15(17,18)19)16(20,21)22)28(25,26-8-10(2)3)27-9-11(4)5/h10-12H,7-9H2,1-6H3,(H,23,24)/t14-/m1/s1. The number of carbonyl (C=O) groups is 1. The van der Waals surface area contributed by atoms with Crippen molar-refractivity contribution in [3.05, 3.63) is 0 Å². The third kappa shape index (κ3) is 7.55. The number of alkyl halides is 6. The average Bonchev–Trinajstić information content (AvgIpc) is 2.47. The highest BCUT2D eigenvalue weighted by molar-refractivity contribution is 7.55. The SMILES string of the molecule is CC[C@](C)(NC(=O)C(C(F)(F)F)C(F)(F)F)P(=O)(OCC(C)C)OCC(C)C. The van der Waals surface area contributed by atoms with Gasteiger partial charge < -0.3 is 14.4 Å². The first-order valence-electron chi connectivity index (χ1n) is 8.74. The summed E-state index contributed by atoms with van der Waals surface area (Å²) in [5.41, 5.74) is 0. The highest BCUT2D eigenvalue weighted by Crippen LogP contribution is 2.60. The molecule has 1 amide bonds. The van der Waals surface area contributed by atoms with Crippen molar-refractivity contribution < 1.29 is 44.7 Å². The molecule has 0 aliphatic carbocycles. The number of nitrogens with one attached hydrogen (secondary N) is 1. The molecule has 0 aliphatic heterocycles. The summed E-state index contributed by atoms with van der Waals surface area (Å²) in [6.45, 7) is 8.98. The van der Waals surface area contributed by atoms with E-state index in [1.807, 2.05) is 0 Å². The molecule has 28 heavy (non-hydrogen) atoms. The lowest BCUT2D eigenvalue weighted by molar-refractivity contribution is -0.274. The first-order chi connectivity index (χ1) is 12.4. The van der Waals surface area contributed by atoms with Gasteiger partial charge in [-0.15, -0.1) is 0 Å². The minimum Gasteiger partial charge on any atom is -0.339 e. The zero-order chi connectivity index (χ0) is 22.6. The monoisotopic (exact) mass is 443 g/mol. The largest absolute Gasteiger partial charge is 0.409 e. The summed E-state index contributed by atoms with van der Waals surface area (Å²) < 4.78 is 101. The normalized spacial score (nSPS) is 16.0. The summed E-state index contributed by atoms with van der Waals surface area (Å²) >= 11 is 0. The Balaban J connectivity index is 5.93. The first-order valence-corrected chi connectivity index (χ1v) is 10.3. The summed E-state index contributed by atoms with van der Waals surface area (Å²) in [6, 6.07) is 0. The van der Waals surface area contributed by atoms with Crippen molar-refractivity contribution in [2.24, 2.45) is 17.8 Å². The van der Waals surface area contributed by atoms with Crippen LogP contribution in [0.25, 0.3) is 0 Å². The van der Waals surface area contributed by atoms with Crippen LogP contribution < -0.4 is 5.32 Å². The van der Waals surface area contributed by atoms with Gasteiger partial charge in [0.15, 0.2) is 0 Å². The van der Waals surface area contributed by atoms with Gasteiger partial charge in [-0.3, -0.25) is 9.36 Å². The minimum absolute atomic E-state index is 0.122. The van der Waals surface area contributed by atoms with Gasteiger partial charge in [-0.1, -0.05) is 34.6 Å². The van der Waals surface area contributed by atoms with Gasteiger partial charge in [0.25, 0.3) is 0 Å². The van der Waals surface area contributed by atoms with Gasteiger partial charge in [0.1, 0.15) is 5.28 Å². The van der Waals surface area contributed by atoms with Gasteiger partial charge in [0, 0.05) is 0 Å². The average molecular weight is 443 g/mol. The molecule has 0 fully saturated rings. The highest BCUT2D eigenvalue weighted by atomic mass is 31.2. The second-order valence-electron chi connectivity index (χ2n) is 7.51.